The van der Waals surface area contributed by atoms with Gasteiger partial charge in [0, 0.05) is 44.3 Å². The third-order valence-electron chi connectivity index (χ3n) is 9.37. The quantitative estimate of drug-likeness (QED) is 0.341. The molecule has 3 heterocycles. The van der Waals surface area contributed by atoms with Gasteiger partial charge in [0.15, 0.2) is 0 Å². The van der Waals surface area contributed by atoms with E-state index in [1.54, 1.807) is 29.2 Å². The first kappa shape index (κ1) is 35.5. The number of rotatable bonds is 11. The zero-order valence-electron chi connectivity index (χ0n) is 26.3. The molecule has 0 radical (unpaired) electrons. The van der Waals surface area contributed by atoms with Crippen LogP contribution in [0.15, 0.2) is 47.4 Å². The third kappa shape index (κ3) is 9.02. The van der Waals surface area contributed by atoms with Gasteiger partial charge in [-0.15, -0.1) is 0 Å². The van der Waals surface area contributed by atoms with E-state index in [2.05, 4.69) is 4.90 Å². The Morgan fingerprint density at radius 2 is 1.50 bits per heavy atom. The first-order chi connectivity index (χ1) is 21.9. The summed E-state index contributed by atoms with van der Waals surface area (Å²) in [6, 6.07) is 12.6. The normalized spacial score (nSPS) is 20.2. The maximum absolute atomic E-state index is 13.7. The lowest BCUT2D eigenvalue weighted by Crippen LogP contribution is -2.45. The van der Waals surface area contributed by atoms with E-state index in [1.807, 2.05) is 18.2 Å². The summed E-state index contributed by atoms with van der Waals surface area (Å²) in [6.07, 6.45) is 6.01. The molecule has 46 heavy (non-hydrogen) atoms. The minimum Gasteiger partial charge on any atom is -0.379 e. The number of anilines is 1. The Balaban J connectivity index is 1.11. The molecule has 0 aliphatic carbocycles. The largest absolute Gasteiger partial charge is 0.379 e. The molecular weight excluding hydrogens is 671 g/mol. The number of morpholine rings is 1. The molecule has 3 aliphatic heterocycles. The van der Waals surface area contributed by atoms with Crippen LogP contribution >= 0.6 is 23.2 Å². The van der Waals surface area contributed by atoms with Gasteiger partial charge in [-0.2, -0.15) is 4.31 Å². The second kappa shape index (κ2) is 15.6. The number of hydrogen-bond acceptors (Lipinski definition) is 7. The van der Waals surface area contributed by atoms with Crippen LogP contribution in [0.2, 0.25) is 10.0 Å². The molecule has 2 aromatic rings. The highest BCUT2D eigenvalue weighted by molar-refractivity contribution is 7.89. The average molecular weight is 716 g/mol. The highest BCUT2D eigenvalue weighted by atomic mass is 35.5. The summed E-state index contributed by atoms with van der Waals surface area (Å²) in [5.41, 5.74) is 1.85. The van der Waals surface area contributed by atoms with Crippen molar-refractivity contribution in [2.75, 3.05) is 76.7 Å². The third-order valence-corrected chi connectivity index (χ3v) is 13.3. The van der Waals surface area contributed by atoms with Crippen molar-refractivity contribution in [1.82, 2.24) is 13.5 Å². The predicted octanol–water partition coefficient (Wildman–Crippen LogP) is 4.36. The number of amides is 1. The molecule has 0 bridgehead atoms. The molecular formula is C32H44Cl2N4O6S2. The molecule has 0 aromatic heterocycles. The van der Waals surface area contributed by atoms with Crippen molar-refractivity contribution in [3.63, 3.8) is 0 Å². The lowest BCUT2D eigenvalue weighted by molar-refractivity contribution is -0.123. The molecule has 3 saturated heterocycles. The molecule has 0 spiro atoms. The van der Waals surface area contributed by atoms with Gasteiger partial charge in [0.1, 0.15) is 0 Å². The van der Waals surface area contributed by atoms with Crippen LogP contribution in [0.4, 0.5) is 5.69 Å². The number of likely N-dealkylation sites (tertiary alicyclic amines) is 1. The summed E-state index contributed by atoms with van der Waals surface area (Å²) in [4.78, 5) is 18.3. The van der Waals surface area contributed by atoms with Crippen molar-refractivity contribution in [2.24, 2.45) is 11.8 Å². The minimum absolute atomic E-state index is 0.00554. The van der Waals surface area contributed by atoms with E-state index < -0.39 is 20.0 Å². The molecule has 0 unspecified atom stereocenters. The van der Waals surface area contributed by atoms with Crippen LogP contribution in [-0.4, -0.2) is 108 Å². The van der Waals surface area contributed by atoms with Gasteiger partial charge in [0.25, 0.3) is 0 Å². The minimum atomic E-state index is -3.49. The molecule has 5 rings (SSSR count). The lowest BCUT2D eigenvalue weighted by Gasteiger charge is -2.35. The van der Waals surface area contributed by atoms with Crippen LogP contribution in [0.5, 0.6) is 0 Å². The van der Waals surface area contributed by atoms with Crippen LogP contribution < -0.4 is 4.90 Å². The summed E-state index contributed by atoms with van der Waals surface area (Å²) >= 11 is 12.5. The van der Waals surface area contributed by atoms with E-state index in [1.165, 1.54) is 14.9 Å². The summed E-state index contributed by atoms with van der Waals surface area (Å²) in [5, 5.41) is 0.815. The fourth-order valence-electron chi connectivity index (χ4n) is 6.61. The Morgan fingerprint density at radius 3 is 2.11 bits per heavy atom. The van der Waals surface area contributed by atoms with Crippen LogP contribution in [0.25, 0.3) is 0 Å². The number of ether oxygens (including phenoxy) is 1. The molecule has 2 aromatic carbocycles. The molecule has 0 atom stereocenters. The number of carbonyl (C=O) groups is 1. The second-order valence-electron chi connectivity index (χ2n) is 12.5. The van der Waals surface area contributed by atoms with E-state index in [0.717, 1.165) is 50.9 Å². The van der Waals surface area contributed by atoms with Gasteiger partial charge >= 0.3 is 0 Å². The molecule has 3 aliphatic rings. The highest BCUT2D eigenvalue weighted by Gasteiger charge is 2.32. The number of carbonyl (C=O) groups excluding carboxylic acids is 1. The maximum atomic E-state index is 13.7. The smallest absolute Gasteiger partial charge is 0.243 e. The maximum Gasteiger partial charge on any atom is 0.243 e. The first-order valence-electron chi connectivity index (χ1n) is 16.0. The monoisotopic (exact) mass is 714 g/mol. The zero-order chi connectivity index (χ0) is 32.9. The van der Waals surface area contributed by atoms with Crippen molar-refractivity contribution >= 4 is 54.8 Å². The summed E-state index contributed by atoms with van der Waals surface area (Å²) in [5.74, 6) is 0.274. The van der Waals surface area contributed by atoms with Gasteiger partial charge in [-0.25, -0.2) is 21.1 Å². The Kier molecular flexibility index (Phi) is 12.1. The highest BCUT2D eigenvalue weighted by Crippen LogP contribution is 2.31. The molecule has 254 valence electrons. The Bertz CT molecular complexity index is 1550. The average Bonchev–Trinajstić information content (AvgIpc) is 3.05. The van der Waals surface area contributed by atoms with Crippen molar-refractivity contribution in [2.45, 2.75) is 43.4 Å². The standard InChI is InChI=1S/C32H44Cl2N4O6S2/c1-45(40,41)36-17-11-27(12-18-36)32(39)38(28-5-8-30(33)31(34)24-28)14-2-13-35-15-9-26(10-16-35)23-25-3-6-29(7-4-25)46(42,43)37-19-21-44-22-20-37/h3-8,24,26-27H,2,9-23H2,1H3. The van der Waals surface area contributed by atoms with Crippen molar-refractivity contribution in [3.8, 4) is 0 Å². The number of benzene rings is 2. The van der Waals surface area contributed by atoms with Crippen LogP contribution in [-0.2, 0) is 36.0 Å². The Labute approximate surface area is 283 Å². The van der Waals surface area contributed by atoms with Gasteiger partial charge < -0.3 is 14.5 Å². The zero-order valence-corrected chi connectivity index (χ0v) is 29.5. The summed E-state index contributed by atoms with van der Waals surface area (Å²) < 4.78 is 58.0. The number of halogens is 2. The molecule has 3 fully saturated rings. The van der Waals surface area contributed by atoms with Crippen LogP contribution in [0.1, 0.15) is 37.7 Å². The van der Waals surface area contributed by atoms with Gasteiger partial charge in [-0.1, -0.05) is 35.3 Å². The van der Waals surface area contributed by atoms with E-state index in [0.29, 0.717) is 85.3 Å². The number of nitrogens with zero attached hydrogens (tertiary/aromatic N) is 4. The molecule has 1 amide bonds. The van der Waals surface area contributed by atoms with E-state index >= 15 is 0 Å². The SMILES string of the molecule is CS(=O)(=O)N1CCC(C(=O)N(CCCN2CCC(Cc3ccc(S(=O)(=O)N4CCOCC4)cc3)CC2)c2ccc(Cl)c(Cl)c2)CC1. The fraction of sp³-hybridized carbons (Fsp3) is 0.594. The number of piperidine rings is 2. The van der Waals surface area contributed by atoms with Gasteiger partial charge in [0.05, 0.1) is 34.4 Å². The molecule has 0 saturated carbocycles. The Hall–Kier alpha value is -1.77. The van der Waals surface area contributed by atoms with Crippen LogP contribution in [0, 0.1) is 11.8 Å². The van der Waals surface area contributed by atoms with Crippen molar-refractivity contribution in [3.05, 3.63) is 58.1 Å². The fourth-order valence-corrected chi connectivity index (χ4v) is 9.18. The number of sulfonamides is 2. The van der Waals surface area contributed by atoms with Crippen LogP contribution in [0.3, 0.4) is 0 Å². The summed E-state index contributed by atoms with van der Waals surface area (Å²) in [6.45, 7) is 5.65. The molecule has 14 heteroatoms. The summed E-state index contributed by atoms with van der Waals surface area (Å²) in [7, 11) is -6.76. The van der Waals surface area contributed by atoms with Gasteiger partial charge in [-0.05, 0) is 100.0 Å². The van der Waals surface area contributed by atoms with Crippen molar-refractivity contribution < 1.29 is 26.4 Å². The van der Waals surface area contributed by atoms with E-state index in [-0.39, 0.29) is 11.8 Å². The predicted molar refractivity (Wildman–Crippen MR) is 181 cm³/mol. The first-order valence-corrected chi connectivity index (χ1v) is 20.1. The van der Waals surface area contributed by atoms with Gasteiger partial charge in [0.2, 0.25) is 26.0 Å². The molecule has 0 N–H and O–H groups in total. The van der Waals surface area contributed by atoms with Crippen molar-refractivity contribution in [1.29, 1.82) is 0 Å². The molecule has 10 nitrogen and oxygen atoms in total. The second-order valence-corrected chi connectivity index (χ2v) is 17.3. The lowest BCUT2D eigenvalue weighted by atomic mass is 9.90. The van der Waals surface area contributed by atoms with Gasteiger partial charge in [-0.3, -0.25) is 4.79 Å². The Morgan fingerprint density at radius 1 is 0.848 bits per heavy atom. The topological polar surface area (TPSA) is 108 Å². The number of hydrogen-bond donors (Lipinski definition) is 0. The van der Waals surface area contributed by atoms with E-state index in [9.17, 15) is 21.6 Å². The van der Waals surface area contributed by atoms with E-state index in [4.69, 9.17) is 27.9 Å².